The van der Waals surface area contributed by atoms with Crippen molar-refractivity contribution in [3.05, 3.63) is 94.0 Å². The second-order valence-electron chi connectivity index (χ2n) is 7.41. The minimum Gasteiger partial charge on any atom is -0.360 e. The summed E-state index contributed by atoms with van der Waals surface area (Å²) in [6, 6.07) is 24.2. The van der Waals surface area contributed by atoms with E-state index < -0.39 is 0 Å². The Kier molecular flexibility index (Phi) is 6.00. The van der Waals surface area contributed by atoms with Gasteiger partial charge in [-0.15, -0.1) is 0 Å². The van der Waals surface area contributed by atoms with Crippen LogP contribution in [0.1, 0.15) is 53.8 Å². The number of halogens is 1. The molecule has 3 nitrogen and oxygen atoms in total. The third-order valence-electron chi connectivity index (χ3n) is 5.41. The topological polar surface area (TPSA) is 32.3 Å². The van der Waals surface area contributed by atoms with Crippen LogP contribution >= 0.6 is 15.9 Å². The summed E-state index contributed by atoms with van der Waals surface area (Å²) in [6.45, 7) is 2.22. The van der Waals surface area contributed by atoms with E-state index in [-0.39, 0.29) is 12.1 Å². The highest BCUT2D eigenvalue weighted by molar-refractivity contribution is 9.10. The maximum Gasteiger partial charge on any atom is 0.262 e. The van der Waals surface area contributed by atoms with Crippen LogP contribution in [0.5, 0.6) is 0 Å². The average molecular weight is 449 g/mol. The Morgan fingerprint density at radius 1 is 0.931 bits per heavy atom. The van der Waals surface area contributed by atoms with Crippen molar-refractivity contribution in [3.8, 4) is 0 Å². The zero-order chi connectivity index (χ0) is 20.2. The van der Waals surface area contributed by atoms with E-state index >= 15 is 0 Å². The van der Waals surface area contributed by atoms with Crippen LogP contribution < -0.4 is 10.2 Å². The van der Waals surface area contributed by atoms with E-state index in [1.807, 2.05) is 47.4 Å². The number of nitrogens with zero attached hydrogens (tertiary/aromatic N) is 1. The molecule has 3 aromatic rings. The van der Waals surface area contributed by atoms with Crippen molar-refractivity contribution in [2.75, 3.05) is 10.2 Å². The molecule has 3 aromatic carbocycles. The second-order valence-corrected chi connectivity index (χ2v) is 8.27. The van der Waals surface area contributed by atoms with Gasteiger partial charge < -0.3 is 5.32 Å². The van der Waals surface area contributed by atoms with Gasteiger partial charge in [0.25, 0.3) is 5.91 Å². The molecule has 0 aliphatic carbocycles. The quantitative estimate of drug-likeness (QED) is 0.413. The number of anilines is 2. The van der Waals surface area contributed by atoms with Gasteiger partial charge in [-0.25, -0.2) is 0 Å². The summed E-state index contributed by atoms with van der Waals surface area (Å²) in [5, 5.41) is 3.56. The molecule has 29 heavy (non-hydrogen) atoms. The third-order valence-corrected chi connectivity index (χ3v) is 6.13. The van der Waals surface area contributed by atoms with Crippen LogP contribution in [0, 0.1) is 0 Å². The van der Waals surface area contributed by atoms with Crippen molar-refractivity contribution < 1.29 is 4.79 Å². The van der Waals surface area contributed by atoms with E-state index in [0.717, 1.165) is 27.8 Å². The van der Waals surface area contributed by atoms with E-state index in [0.29, 0.717) is 5.56 Å². The van der Waals surface area contributed by atoms with Crippen LogP contribution in [0.15, 0.2) is 77.3 Å². The summed E-state index contributed by atoms with van der Waals surface area (Å²) < 4.78 is 0.978. The lowest BCUT2D eigenvalue weighted by molar-refractivity contribution is 0.0975. The summed E-state index contributed by atoms with van der Waals surface area (Å²) in [4.78, 5) is 15.3. The molecule has 0 bridgehead atoms. The summed E-state index contributed by atoms with van der Waals surface area (Å²) >= 11 is 3.66. The maximum absolute atomic E-state index is 13.5. The molecular formula is C25H25BrN2O. The van der Waals surface area contributed by atoms with Crippen LogP contribution in [0.25, 0.3) is 0 Å². The average Bonchev–Trinajstić information content (AvgIpc) is 2.75. The number of unbranched alkanes of at least 4 members (excludes halogenated alkanes) is 2. The molecule has 1 heterocycles. The number of hydrogen-bond donors (Lipinski definition) is 1. The van der Waals surface area contributed by atoms with E-state index in [4.69, 9.17) is 0 Å². The highest BCUT2D eigenvalue weighted by atomic mass is 79.9. The third kappa shape index (κ3) is 4.08. The summed E-state index contributed by atoms with van der Waals surface area (Å²) in [6.07, 6.45) is 4.47. The highest BCUT2D eigenvalue weighted by Gasteiger charge is 2.34. The molecule has 1 amide bonds. The van der Waals surface area contributed by atoms with Crippen molar-refractivity contribution in [1.29, 1.82) is 0 Å². The number of carbonyl (C=O) groups is 1. The highest BCUT2D eigenvalue weighted by Crippen LogP contribution is 2.38. The van der Waals surface area contributed by atoms with Gasteiger partial charge in [0.15, 0.2) is 0 Å². The van der Waals surface area contributed by atoms with Crippen molar-refractivity contribution in [2.45, 2.75) is 38.8 Å². The first-order chi connectivity index (χ1) is 14.2. The van der Waals surface area contributed by atoms with Crippen molar-refractivity contribution in [2.24, 2.45) is 0 Å². The Morgan fingerprint density at radius 3 is 2.41 bits per heavy atom. The molecule has 1 aliphatic rings. The Bertz CT molecular complexity index is 1000. The number of nitrogens with one attached hydrogen (secondary N) is 1. The van der Waals surface area contributed by atoms with E-state index in [2.05, 4.69) is 58.5 Å². The molecule has 0 saturated carbocycles. The first-order valence-corrected chi connectivity index (χ1v) is 11.0. The van der Waals surface area contributed by atoms with E-state index in [1.54, 1.807) is 0 Å². The molecule has 1 aliphatic heterocycles. The number of benzene rings is 3. The molecule has 0 fully saturated rings. The maximum atomic E-state index is 13.5. The minimum absolute atomic E-state index is 0.0128. The lowest BCUT2D eigenvalue weighted by Crippen LogP contribution is -2.43. The van der Waals surface area contributed by atoms with Crippen molar-refractivity contribution in [1.82, 2.24) is 0 Å². The van der Waals surface area contributed by atoms with Gasteiger partial charge in [-0.3, -0.25) is 9.69 Å². The van der Waals surface area contributed by atoms with Gasteiger partial charge in [0.1, 0.15) is 6.17 Å². The van der Waals surface area contributed by atoms with Crippen molar-refractivity contribution >= 4 is 33.2 Å². The fourth-order valence-corrected chi connectivity index (χ4v) is 4.34. The van der Waals surface area contributed by atoms with Gasteiger partial charge in [0, 0.05) is 21.4 Å². The van der Waals surface area contributed by atoms with E-state index in [9.17, 15) is 4.79 Å². The minimum atomic E-state index is -0.279. The molecule has 1 atom stereocenters. The fraction of sp³-hybridized carbons (Fsp3) is 0.240. The number of para-hydroxylation sites is 1. The number of fused-ring (bicyclic) bond motifs is 1. The molecule has 4 rings (SSSR count). The predicted octanol–water partition coefficient (Wildman–Crippen LogP) is 6.95. The predicted molar refractivity (Wildman–Crippen MR) is 123 cm³/mol. The second kappa shape index (κ2) is 8.83. The first-order valence-electron chi connectivity index (χ1n) is 10.2. The molecule has 0 radical (unpaired) electrons. The Labute approximate surface area is 180 Å². The molecular weight excluding hydrogens is 424 g/mol. The normalized spacial score (nSPS) is 15.7. The smallest absolute Gasteiger partial charge is 0.262 e. The molecule has 148 valence electrons. The molecule has 0 spiro atoms. The fourth-order valence-electron chi connectivity index (χ4n) is 3.84. The van der Waals surface area contributed by atoms with Crippen LogP contribution in [-0.2, 0) is 6.42 Å². The molecule has 1 N–H and O–H groups in total. The van der Waals surface area contributed by atoms with E-state index in [1.165, 1.54) is 24.8 Å². The number of rotatable bonds is 6. The molecule has 0 saturated heterocycles. The standard InChI is InChI=1S/C25H25BrN2O/c1-2-3-4-9-18-14-16-19(17-15-18)28-24(20-10-5-7-12-22(20)26)27-23-13-8-6-11-21(23)25(28)29/h5-8,10-17,24,27H,2-4,9H2,1H3. The molecule has 0 aromatic heterocycles. The summed E-state index contributed by atoms with van der Waals surface area (Å²) in [7, 11) is 0. The lowest BCUT2D eigenvalue weighted by atomic mass is 10.0. The monoisotopic (exact) mass is 448 g/mol. The lowest BCUT2D eigenvalue weighted by Gasteiger charge is -2.38. The summed E-state index contributed by atoms with van der Waals surface area (Å²) in [5.74, 6) is 0.0128. The molecule has 1 unspecified atom stereocenters. The number of carbonyl (C=O) groups excluding carboxylic acids is 1. The number of aryl methyl sites for hydroxylation is 1. The Morgan fingerprint density at radius 2 is 1.66 bits per heavy atom. The number of amides is 1. The van der Waals surface area contributed by atoms with Gasteiger partial charge >= 0.3 is 0 Å². The van der Waals surface area contributed by atoms with Crippen LogP contribution in [0.4, 0.5) is 11.4 Å². The zero-order valence-electron chi connectivity index (χ0n) is 16.6. The van der Waals surface area contributed by atoms with Crippen LogP contribution in [0.2, 0.25) is 0 Å². The Balaban J connectivity index is 1.72. The largest absolute Gasteiger partial charge is 0.360 e. The van der Waals surface area contributed by atoms with Gasteiger partial charge in [0.05, 0.1) is 5.56 Å². The zero-order valence-corrected chi connectivity index (χ0v) is 18.2. The van der Waals surface area contributed by atoms with Gasteiger partial charge in [-0.2, -0.15) is 0 Å². The van der Waals surface area contributed by atoms with Crippen LogP contribution in [-0.4, -0.2) is 5.91 Å². The van der Waals surface area contributed by atoms with Gasteiger partial charge in [-0.05, 0) is 48.7 Å². The summed E-state index contributed by atoms with van der Waals surface area (Å²) in [5.41, 5.74) is 4.81. The van der Waals surface area contributed by atoms with Crippen LogP contribution in [0.3, 0.4) is 0 Å². The van der Waals surface area contributed by atoms with Gasteiger partial charge in [-0.1, -0.05) is 78.2 Å². The SMILES string of the molecule is CCCCCc1ccc(N2C(=O)c3ccccc3NC2c2ccccc2Br)cc1. The number of hydrogen-bond acceptors (Lipinski definition) is 2. The van der Waals surface area contributed by atoms with Gasteiger partial charge in [0.2, 0.25) is 0 Å². The Hall–Kier alpha value is -2.59. The molecule has 4 heteroatoms. The first kappa shape index (κ1) is 19.7. The van der Waals surface area contributed by atoms with Crippen molar-refractivity contribution in [3.63, 3.8) is 0 Å².